The Hall–Kier alpha value is -2.73. The number of carbonyl (C=O) groups is 1. The van der Waals surface area contributed by atoms with E-state index in [0.717, 1.165) is 29.0 Å². The minimum absolute atomic E-state index is 0.00519. The van der Waals surface area contributed by atoms with Crippen molar-refractivity contribution in [3.8, 4) is 10.6 Å². The molecule has 1 amide bonds. The van der Waals surface area contributed by atoms with Crippen molar-refractivity contribution in [2.24, 2.45) is 11.0 Å². The Labute approximate surface area is 150 Å². The van der Waals surface area contributed by atoms with Crippen LogP contribution in [0.4, 0.5) is 0 Å². The van der Waals surface area contributed by atoms with Crippen LogP contribution in [0.1, 0.15) is 24.0 Å². The lowest BCUT2D eigenvalue weighted by Gasteiger charge is -2.00. The van der Waals surface area contributed by atoms with Gasteiger partial charge in [0.15, 0.2) is 0 Å². The van der Waals surface area contributed by atoms with Gasteiger partial charge in [-0.05, 0) is 29.9 Å². The second-order valence-electron chi connectivity index (χ2n) is 6.10. The molecular formula is C19H18N4OS. The first-order chi connectivity index (χ1) is 12.3. The van der Waals surface area contributed by atoms with Gasteiger partial charge in [0.1, 0.15) is 5.69 Å². The quantitative estimate of drug-likeness (QED) is 0.546. The van der Waals surface area contributed by atoms with Crippen molar-refractivity contribution >= 4 is 23.5 Å². The third kappa shape index (κ3) is 3.85. The summed E-state index contributed by atoms with van der Waals surface area (Å²) in [5.74, 6) is 0.153. The maximum Gasteiger partial charge on any atom is 0.243 e. The van der Waals surface area contributed by atoms with Gasteiger partial charge in [0.2, 0.25) is 5.91 Å². The highest BCUT2D eigenvalue weighted by Gasteiger charge is 2.29. The van der Waals surface area contributed by atoms with Crippen molar-refractivity contribution in [3.63, 3.8) is 0 Å². The van der Waals surface area contributed by atoms with Gasteiger partial charge in [-0.2, -0.15) is 10.2 Å². The minimum atomic E-state index is 0.00519. The maximum absolute atomic E-state index is 11.7. The van der Waals surface area contributed by atoms with E-state index in [1.54, 1.807) is 17.6 Å². The van der Waals surface area contributed by atoms with E-state index in [9.17, 15) is 4.79 Å². The predicted molar refractivity (Wildman–Crippen MR) is 99.5 cm³/mol. The maximum atomic E-state index is 11.7. The number of nitrogens with one attached hydrogen (secondary N) is 1. The van der Waals surface area contributed by atoms with E-state index in [1.165, 1.54) is 5.56 Å². The summed E-state index contributed by atoms with van der Waals surface area (Å²) < 4.78 is 1.91. The number of benzene rings is 1. The molecule has 0 unspecified atom stereocenters. The Morgan fingerprint density at radius 2 is 2.12 bits per heavy atom. The second kappa shape index (κ2) is 7.03. The van der Waals surface area contributed by atoms with Gasteiger partial charge in [-0.15, -0.1) is 11.3 Å². The van der Waals surface area contributed by atoms with E-state index in [0.29, 0.717) is 6.54 Å². The largest absolute Gasteiger partial charge is 0.273 e. The smallest absolute Gasteiger partial charge is 0.243 e. The van der Waals surface area contributed by atoms with Gasteiger partial charge < -0.3 is 0 Å². The van der Waals surface area contributed by atoms with Crippen molar-refractivity contribution in [1.82, 2.24) is 15.2 Å². The van der Waals surface area contributed by atoms with Crippen LogP contribution in [0.25, 0.3) is 10.6 Å². The summed E-state index contributed by atoms with van der Waals surface area (Å²) >= 11 is 1.64. The van der Waals surface area contributed by atoms with Crippen LogP contribution in [-0.2, 0) is 11.3 Å². The van der Waals surface area contributed by atoms with Gasteiger partial charge in [0.25, 0.3) is 0 Å². The fourth-order valence-corrected chi connectivity index (χ4v) is 3.32. The van der Waals surface area contributed by atoms with Crippen LogP contribution >= 0.6 is 11.3 Å². The summed E-state index contributed by atoms with van der Waals surface area (Å²) in [7, 11) is 0. The number of nitrogens with zero attached hydrogens (tertiary/aromatic N) is 3. The van der Waals surface area contributed by atoms with E-state index in [4.69, 9.17) is 5.10 Å². The molecule has 25 heavy (non-hydrogen) atoms. The molecule has 0 aliphatic heterocycles. The number of hydrogen-bond acceptors (Lipinski definition) is 4. The van der Waals surface area contributed by atoms with Gasteiger partial charge in [-0.1, -0.05) is 36.4 Å². The van der Waals surface area contributed by atoms with Crippen molar-refractivity contribution in [2.45, 2.75) is 19.4 Å². The molecule has 2 heterocycles. The second-order valence-corrected chi connectivity index (χ2v) is 7.05. The zero-order chi connectivity index (χ0) is 17.1. The first kappa shape index (κ1) is 15.8. The molecule has 4 rings (SSSR count). The molecule has 1 aliphatic carbocycles. The van der Waals surface area contributed by atoms with Crippen molar-refractivity contribution < 1.29 is 4.79 Å². The standard InChI is InChI=1S/C19H18N4OS/c24-19(15-8-9-15)21-20-11-16-13-23(12-14-5-2-1-3-6-14)22-18(16)17-7-4-10-25-17/h1-7,10-11,13,15H,8-9,12H2,(H,21,24)/b20-11-. The molecule has 1 aromatic carbocycles. The molecule has 126 valence electrons. The third-order valence-corrected chi connectivity index (χ3v) is 4.94. The number of rotatable bonds is 6. The van der Waals surface area contributed by atoms with Gasteiger partial charge in [0.05, 0.1) is 17.6 Å². The molecule has 1 fully saturated rings. The molecule has 1 saturated carbocycles. The lowest BCUT2D eigenvalue weighted by molar-refractivity contribution is -0.122. The highest BCUT2D eigenvalue weighted by atomic mass is 32.1. The molecule has 0 atom stereocenters. The van der Waals surface area contributed by atoms with Gasteiger partial charge in [-0.25, -0.2) is 5.43 Å². The molecule has 5 nitrogen and oxygen atoms in total. The van der Waals surface area contributed by atoms with Crippen molar-refractivity contribution in [2.75, 3.05) is 0 Å². The van der Waals surface area contributed by atoms with E-state index in [1.807, 2.05) is 46.6 Å². The number of carbonyl (C=O) groups excluding carboxylic acids is 1. The molecular weight excluding hydrogens is 332 g/mol. The Morgan fingerprint density at radius 1 is 1.28 bits per heavy atom. The molecule has 0 spiro atoms. The number of hydrogen-bond donors (Lipinski definition) is 1. The van der Waals surface area contributed by atoms with E-state index >= 15 is 0 Å². The first-order valence-corrected chi connectivity index (χ1v) is 9.16. The number of hydrazone groups is 1. The summed E-state index contributed by atoms with van der Waals surface area (Å²) in [5, 5.41) is 10.9. The van der Waals surface area contributed by atoms with Crippen LogP contribution in [0.5, 0.6) is 0 Å². The fraction of sp³-hybridized carbons (Fsp3) is 0.211. The van der Waals surface area contributed by atoms with E-state index in [2.05, 4.69) is 22.7 Å². The topological polar surface area (TPSA) is 59.3 Å². The summed E-state index contributed by atoms with van der Waals surface area (Å²) in [6, 6.07) is 14.3. The fourth-order valence-electron chi connectivity index (χ4n) is 2.59. The summed E-state index contributed by atoms with van der Waals surface area (Å²) in [4.78, 5) is 12.8. The van der Waals surface area contributed by atoms with E-state index in [-0.39, 0.29) is 11.8 Å². The van der Waals surface area contributed by atoms with Crippen LogP contribution in [0.3, 0.4) is 0 Å². The van der Waals surface area contributed by atoms with Crippen LogP contribution in [0.2, 0.25) is 0 Å². The van der Waals surface area contributed by atoms with E-state index < -0.39 is 0 Å². The highest BCUT2D eigenvalue weighted by Crippen LogP contribution is 2.29. The predicted octanol–water partition coefficient (Wildman–Crippen LogP) is 3.52. The molecule has 3 aromatic rings. The zero-order valence-corrected chi connectivity index (χ0v) is 14.4. The molecule has 1 N–H and O–H groups in total. The summed E-state index contributed by atoms with van der Waals surface area (Å²) in [6.45, 7) is 0.696. The lowest BCUT2D eigenvalue weighted by Crippen LogP contribution is -2.18. The summed E-state index contributed by atoms with van der Waals surface area (Å²) in [5.41, 5.74) is 5.59. The Kier molecular flexibility index (Phi) is 4.43. The number of thiophene rings is 1. The molecule has 0 bridgehead atoms. The first-order valence-electron chi connectivity index (χ1n) is 8.28. The molecule has 2 aromatic heterocycles. The van der Waals surface area contributed by atoms with Crippen LogP contribution < -0.4 is 5.43 Å². The normalized spacial score (nSPS) is 14.1. The van der Waals surface area contributed by atoms with Crippen LogP contribution in [0.15, 0.2) is 59.1 Å². The SMILES string of the molecule is O=C(N/N=C\c1cn(Cc2ccccc2)nc1-c1cccs1)C1CC1. The Bertz CT molecular complexity index is 880. The Morgan fingerprint density at radius 3 is 2.84 bits per heavy atom. The lowest BCUT2D eigenvalue weighted by atomic mass is 10.2. The van der Waals surface area contributed by atoms with Crippen LogP contribution in [-0.4, -0.2) is 21.9 Å². The van der Waals surface area contributed by atoms with Gasteiger partial charge >= 0.3 is 0 Å². The third-order valence-electron chi connectivity index (χ3n) is 4.06. The monoisotopic (exact) mass is 350 g/mol. The van der Waals surface area contributed by atoms with Gasteiger partial charge in [-0.3, -0.25) is 9.48 Å². The molecule has 0 radical (unpaired) electrons. The van der Waals surface area contributed by atoms with Crippen molar-refractivity contribution in [1.29, 1.82) is 0 Å². The molecule has 1 aliphatic rings. The minimum Gasteiger partial charge on any atom is -0.273 e. The van der Waals surface area contributed by atoms with Crippen molar-refractivity contribution in [3.05, 3.63) is 65.2 Å². The average Bonchev–Trinajstić information content (AvgIpc) is 3.19. The van der Waals surface area contributed by atoms with Gasteiger partial charge in [0, 0.05) is 17.7 Å². The highest BCUT2D eigenvalue weighted by molar-refractivity contribution is 7.13. The Balaban J connectivity index is 1.57. The average molecular weight is 350 g/mol. The molecule has 6 heteroatoms. The number of amides is 1. The number of aromatic nitrogens is 2. The zero-order valence-electron chi connectivity index (χ0n) is 13.6. The summed E-state index contributed by atoms with van der Waals surface area (Å²) in [6.07, 6.45) is 5.59. The molecule has 0 saturated heterocycles. The van der Waals surface area contributed by atoms with Crippen LogP contribution in [0, 0.1) is 5.92 Å².